The van der Waals surface area contributed by atoms with Gasteiger partial charge in [-0.1, -0.05) is 144 Å². The summed E-state index contributed by atoms with van der Waals surface area (Å²) in [7, 11) is 2.21. The van der Waals surface area contributed by atoms with Gasteiger partial charge in [-0.2, -0.15) is 0 Å². The van der Waals surface area contributed by atoms with Crippen LogP contribution < -0.4 is 0 Å². The van der Waals surface area contributed by atoms with Gasteiger partial charge in [0.25, 0.3) is 0 Å². The molecule has 1 rings (SSSR count). The molecule has 1 saturated heterocycles. The number of unbranched alkanes of at least 4 members (excludes halogenated alkanes) is 15. The van der Waals surface area contributed by atoms with Gasteiger partial charge in [0.2, 0.25) is 0 Å². The lowest BCUT2D eigenvalue weighted by Crippen LogP contribution is -2.54. The Labute approximate surface area is 312 Å². The first-order valence-electron chi connectivity index (χ1n) is 21.9. The van der Waals surface area contributed by atoms with E-state index in [1.54, 1.807) is 0 Å². The molecule has 1 aliphatic rings. The zero-order chi connectivity index (χ0) is 37.3. The van der Waals surface area contributed by atoms with E-state index in [-0.39, 0.29) is 28.9 Å². The first kappa shape index (κ1) is 46.9. The summed E-state index contributed by atoms with van der Waals surface area (Å²) in [6.45, 7) is 20.9. The van der Waals surface area contributed by atoms with Crippen molar-refractivity contribution < 1.29 is 19.1 Å². The van der Waals surface area contributed by atoms with Crippen molar-refractivity contribution in [1.29, 1.82) is 0 Å². The molecular weight excluding hydrogens is 618 g/mol. The molecule has 0 N–H and O–H groups in total. The Bertz CT molecular complexity index is 859. The summed E-state index contributed by atoms with van der Waals surface area (Å²) in [5.41, 5.74) is -0.612. The number of likely N-dealkylation sites (tertiary alicyclic amines) is 1. The molecule has 5 nitrogen and oxygen atoms in total. The molecule has 0 aliphatic carbocycles. The summed E-state index contributed by atoms with van der Waals surface area (Å²) < 4.78 is 12.2. The molecule has 0 radical (unpaired) electrons. The Kier molecular flexibility index (Phi) is 25.0. The fraction of sp³-hybridized carbons (Fsp3) is 0.956. The molecule has 0 spiro atoms. The van der Waals surface area contributed by atoms with Crippen molar-refractivity contribution in [3.8, 4) is 0 Å². The van der Waals surface area contributed by atoms with Crippen molar-refractivity contribution in [1.82, 2.24) is 4.90 Å². The van der Waals surface area contributed by atoms with E-state index in [0.29, 0.717) is 18.9 Å². The lowest BCUT2D eigenvalue weighted by molar-refractivity contribution is -0.177. The van der Waals surface area contributed by atoms with E-state index >= 15 is 0 Å². The Morgan fingerprint density at radius 1 is 0.640 bits per heavy atom. The summed E-state index contributed by atoms with van der Waals surface area (Å²) in [4.78, 5) is 28.8. The normalized spacial score (nSPS) is 16.7. The summed E-state index contributed by atoms with van der Waals surface area (Å²) in [6, 6.07) is 0. The van der Waals surface area contributed by atoms with Gasteiger partial charge in [0, 0.05) is 6.42 Å². The summed E-state index contributed by atoms with van der Waals surface area (Å²) in [5, 5.41) is 0. The minimum absolute atomic E-state index is 0.00402. The highest BCUT2D eigenvalue weighted by Crippen LogP contribution is 2.56. The molecule has 0 bridgehead atoms. The number of ether oxygens (including phenoxy) is 2. The predicted molar refractivity (Wildman–Crippen MR) is 215 cm³/mol. The van der Waals surface area contributed by atoms with Gasteiger partial charge in [-0.05, 0) is 109 Å². The Balaban J connectivity index is 2.51. The molecule has 0 saturated carbocycles. The number of hydrogen-bond acceptors (Lipinski definition) is 5. The molecule has 0 amide bonds. The number of rotatable bonds is 31. The molecule has 1 heterocycles. The average Bonchev–Trinajstić information content (AvgIpc) is 3.09. The molecule has 5 heteroatoms. The van der Waals surface area contributed by atoms with Crippen LogP contribution >= 0.6 is 0 Å². The fourth-order valence-electron chi connectivity index (χ4n) is 7.93. The van der Waals surface area contributed by atoms with Crippen LogP contribution in [0.4, 0.5) is 0 Å². The van der Waals surface area contributed by atoms with Gasteiger partial charge < -0.3 is 14.4 Å². The van der Waals surface area contributed by atoms with E-state index in [0.717, 1.165) is 77.3 Å². The summed E-state index contributed by atoms with van der Waals surface area (Å²) in [6.07, 6.45) is 30.2. The van der Waals surface area contributed by atoms with Crippen LogP contribution in [-0.4, -0.2) is 49.7 Å². The Morgan fingerprint density at radius 2 is 1.08 bits per heavy atom. The van der Waals surface area contributed by atoms with Gasteiger partial charge in [0.1, 0.15) is 6.10 Å². The van der Waals surface area contributed by atoms with Gasteiger partial charge in [-0.25, -0.2) is 0 Å². The molecule has 1 aliphatic heterocycles. The highest BCUT2D eigenvalue weighted by atomic mass is 16.5. The van der Waals surface area contributed by atoms with E-state index in [9.17, 15) is 9.59 Å². The summed E-state index contributed by atoms with van der Waals surface area (Å²) in [5.74, 6) is 0.520. The van der Waals surface area contributed by atoms with Gasteiger partial charge in [-0.15, -0.1) is 0 Å². The Hall–Kier alpha value is -1.10. The van der Waals surface area contributed by atoms with Gasteiger partial charge >= 0.3 is 11.9 Å². The number of carbonyl (C=O) groups is 2. The minimum Gasteiger partial charge on any atom is -0.465 e. The lowest BCUT2D eigenvalue weighted by Gasteiger charge is -2.55. The predicted octanol–water partition coefficient (Wildman–Crippen LogP) is 13.3. The van der Waals surface area contributed by atoms with Crippen molar-refractivity contribution in [3.63, 3.8) is 0 Å². The van der Waals surface area contributed by atoms with Crippen molar-refractivity contribution >= 4 is 11.9 Å². The van der Waals surface area contributed by atoms with Crippen LogP contribution in [-0.2, 0) is 19.1 Å². The zero-order valence-electron chi connectivity index (χ0n) is 35.2. The van der Waals surface area contributed by atoms with Crippen LogP contribution in [0.5, 0.6) is 0 Å². The molecule has 2 atom stereocenters. The second-order valence-electron chi connectivity index (χ2n) is 17.8. The van der Waals surface area contributed by atoms with Crippen molar-refractivity contribution in [2.24, 2.45) is 22.2 Å². The molecule has 0 aromatic heterocycles. The van der Waals surface area contributed by atoms with E-state index in [4.69, 9.17) is 9.47 Å². The van der Waals surface area contributed by atoms with E-state index in [1.807, 2.05) is 0 Å². The molecule has 0 aromatic rings. The van der Waals surface area contributed by atoms with Crippen LogP contribution in [0.2, 0.25) is 0 Å². The highest BCUT2D eigenvalue weighted by Gasteiger charge is 2.55. The first-order valence-corrected chi connectivity index (χ1v) is 21.9. The maximum absolute atomic E-state index is 14.0. The highest BCUT2D eigenvalue weighted by molar-refractivity contribution is 5.77. The van der Waals surface area contributed by atoms with Crippen LogP contribution in [0.15, 0.2) is 0 Å². The fourth-order valence-corrected chi connectivity index (χ4v) is 7.93. The third kappa shape index (κ3) is 18.1. The molecule has 296 valence electrons. The Morgan fingerprint density at radius 3 is 1.62 bits per heavy atom. The number of hydrogen-bond donors (Lipinski definition) is 0. The smallest absolute Gasteiger partial charge is 0.312 e. The maximum Gasteiger partial charge on any atom is 0.312 e. The second kappa shape index (κ2) is 26.6. The van der Waals surface area contributed by atoms with Crippen molar-refractivity contribution in [3.05, 3.63) is 0 Å². The van der Waals surface area contributed by atoms with Crippen LogP contribution in [0, 0.1) is 22.2 Å². The van der Waals surface area contributed by atoms with Gasteiger partial charge in [0.05, 0.1) is 12.0 Å². The SMILES string of the molecule is CCCCCCCCCC(CCCCCCCCC(=O)OCC(CCCC)CCCCCC)OC(=O)C(C)(C)C(C)(C)C1(C)CCN(C)CC1. The number of nitrogens with zero attached hydrogens (tertiary/aromatic N) is 1. The molecule has 0 aromatic carbocycles. The number of carbonyl (C=O) groups excluding carboxylic acids is 2. The zero-order valence-corrected chi connectivity index (χ0v) is 35.2. The van der Waals surface area contributed by atoms with Crippen LogP contribution in [0.3, 0.4) is 0 Å². The molecule has 50 heavy (non-hydrogen) atoms. The standard InChI is InChI=1S/C45H87NO4/c1-10-13-16-18-19-22-26-31-40(50-42(48)43(4,5)44(6,7)45(8)34-36-46(9)37-35-45)32-27-23-20-21-24-28-33-41(47)49-38-39(29-15-12-3)30-25-17-14-11-2/h39-40H,10-38H2,1-9H3. The minimum atomic E-state index is -0.553. The quantitative estimate of drug-likeness (QED) is 0.0531. The topological polar surface area (TPSA) is 55.8 Å². The van der Waals surface area contributed by atoms with E-state index < -0.39 is 5.41 Å². The van der Waals surface area contributed by atoms with Gasteiger partial charge in [0.15, 0.2) is 0 Å². The molecular formula is C45H87NO4. The second-order valence-corrected chi connectivity index (χ2v) is 17.8. The summed E-state index contributed by atoms with van der Waals surface area (Å²) >= 11 is 0. The molecule has 2 unspecified atom stereocenters. The van der Waals surface area contributed by atoms with E-state index in [2.05, 4.69) is 67.3 Å². The third-order valence-corrected chi connectivity index (χ3v) is 13.1. The largest absolute Gasteiger partial charge is 0.465 e. The van der Waals surface area contributed by atoms with Gasteiger partial charge in [-0.3, -0.25) is 9.59 Å². The van der Waals surface area contributed by atoms with Crippen LogP contribution in [0.1, 0.15) is 222 Å². The monoisotopic (exact) mass is 706 g/mol. The third-order valence-electron chi connectivity index (χ3n) is 13.1. The van der Waals surface area contributed by atoms with E-state index in [1.165, 1.54) is 96.3 Å². The number of piperidine rings is 1. The molecule has 1 fully saturated rings. The maximum atomic E-state index is 14.0. The van der Waals surface area contributed by atoms with Crippen LogP contribution in [0.25, 0.3) is 0 Å². The average molecular weight is 706 g/mol. The first-order chi connectivity index (χ1) is 23.8. The van der Waals surface area contributed by atoms with Crippen molar-refractivity contribution in [2.45, 2.75) is 228 Å². The van der Waals surface area contributed by atoms with Crippen molar-refractivity contribution in [2.75, 3.05) is 26.7 Å². The number of esters is 2. The lowest BCUT2D eigenvalue weighted by atomic mass is 9.51.